The number of ether oxygens (including phenoxy) is 3. The summed E-state index contributed by atoms with van der Waals surface area (Å²) in [5.41, 5.74) is 0. The highest BCUT2D eigenvalue weighted by atomic mass is 16.5. The Morgan fingerprint density at radius 3 is 3.06 bits per heavy atom. The lowest BCUT2D eigenvalue weighted by molar-refractivity contribution is -0.0164. The molecule has 0 radical (unpaired) electrons. The van der Waals surface area contributed by atoms with Gasteiger partial charge in [0.1, 0.15) is 0 Å². The molecule has 1 heterocycles. The number of unbranched alkanes of at least 4 members (excludes halogenated alkanes) is 1. The fourth-order valence-corrected chi connectivity index (χ4v) is 1.94. The van der Waals surface area contributed by atoms with Crippen molar-refractivity contribution in [3.05, 3.63) is 0 Å². The summed E-state index contributed by atoms with van der Waals surface area (Å²) in [7, 11) is 1.71. The summed E-state index contributed by atoms with van der Waals surface area (Å²) in [6.45, 7) is 4.12. The zero-order valence-corrected chi connectivity index (χ0v) is 11.4. The molecule has 2 unspecified atom stereocenters. The topological polar surface area (TPSA) is 60.0 Å². The molecule has 5 nitrogen and oxygen atoms in total. The Balaban J connectivity index is 1.82. The molecule has 18 heavy (non-hydrogen) atoms. The second-order valence-electron chi connectivity index (χ2n) is 4.73. The van der Waals surface area contributed by atoms with Crippen LogP contribution in [0.5, 0.6) is 0 Å². The summed E-state index contributed by atoms with van der Waals surface area (Å²) < 4.78 is 15.8. The molecule has 0 amide bonds. The molecule has 5 heteroatoms. The zero-order chi connectivity index (χ0) is 13.1. The lowest BCUT2D eigenvalue weighted by Gasteiger charge is -2.14. The Bertz CT molecular complexity index is 186. The van der Waals surface area contributed by atoms with Crippen molar-refractivity contribution in [2.45, 2.75) is 37.9 Å². The Hall–Kier alpha value is -0.200. The summed E-state index contributed by atoms with van der Waals surface area (Å²) in [6, 6.07) is 0. The standard InChI is InChI=1S/C13H27NO4/c1-16-7-3-2-6-14-9-12(15)10-17-11-13-5-4-8-18-13/h12-15H,2-11H2,1H3. The van der Waals surface area contributed by atoms with Crippen LogP contribution in [-0.4, -0.2) is 63.9 Å². The fraction of sp³-hybridized carbons (Fsp3) is 1.00. The molecule has 0 spiro atoms. The van der Waals surface area contributed by atoms with E-state index < -0.39 is 6.10 Å². The van der Waals surface area contributed by atoms with Gasteiger partial charge in [-0.05, 0) is 32.2 Å². The first-order valence-corrected chi connectivity index (χ1v) is 6.90. The quantitative estimate of drug-likeness (QED) is 0.532. The van der Waals surface area contributed by atoms with Crippen molar-refractivity contribution in [2.75, 3.05) is 46.6 Å². The molecular weight excluding hydrogens is 234 g/mol. The molecule has 1 aliphatic rings. The SMILES string of the molecule is COCCCCNCC(O)COCC1CCCO1. The third-order valence-corrected chi connectivity index (χ3v) is 2.97. The average Bonchev–Trinajstić information content (AvgIpc) is 2.87. The largest absolute Gasteiger partial charge is 0.389 e. The van der Waals surface area contributed by atoms with Crippen LogP contribution in [0.1, 0.15) is 25.7 Å². The number of nitrogens with one attached hydrogen (secondary N) is 1. The van der Waals surface area contributed by atoms with Crippen LogP contribution in [0.25, 0.3) is 0 Å². The predicted octanol–water partition coefficient (Wildman–Crippen LogP) is 0.559. The van der Waals surface area contributed by atoms with Gasteiger partial charge in [0.25, 0.3) is 0 Å². The molecular formula is C13H27NO4. The van der Waals surface area contributed by atoms with Gasteiger partial charge in [-0.3, -0.25) is 0 Å². The van der Waals surface area contributed by atoms with Gasteiger partial charge in [0, 0.05) is 26.9 Å². The molecule has 1 saturated heterocycles. The number of rotatable bonds is 11. The third kappa shape index (κ3) is 8.00. The highest BCUT2D eigenvalue weighted by molar-refractivity contribution is 4.65. The molecule has 1 fully saturated rings. The molecule has 0 aromatic carbocycles. The number of aliphatic hydroxyl groups is 1. The maximum absolute atomic E-state index is 9.67. The Labute approximate surface area is 110 Å². The van der Waals surface area contributed by atoms with Gasteiger partial charge in [-0.1, -0.05) is 0 Å². The number of methoxy groups -OCH3 is 1. The molecule has 2 atom stereocenters. The molecule has 1 rings (SSSR count). The van der Waals surface area contributed by atoms with E-state index in [0.717, 1.165) is 45.4 Å². The minimum atomic E-state index is -0.436. The normalized spacial score (nSPS) is 21.3. The van der Waals surface area contributed by atoms with Crippen LogP contribution in [0.3, 0.4) is 0 Å². The Kier molecular flexibility index (Phi) is 9.42. The second kappa shape index (κ2) is 10.7. The molecule has 0 aliphatic carbocycles. The first-order chi connectivity index (χ1) is 8.83. The highest BCUT2D eigenvalue weighted by Gasteiger charge is 2.15. The smallest absolute Gasteiger partial charge is 0.0897 e. The zero-order valence-electron chi connectivity index (χ0n) is 11.4. The summed E-state index contributed by atoms with van der Waals surface area (Å²) in [5, 5.41) is 12.9. The van der Waals surface area contributed by atoms with Crippen molar-refractivity contribution in [1.29, 1.82) is 0 Å². The van der Waals surface area contributed by atoms with Gasteiger partial charge in [-0.15, -0.1) is 0 Å². The maximum Gasteiger partial charge on any atom is 0.0897 e. The van der Waals surface area contributed by atoms with Crippen LogP contribution < -0.4 is 5.32 Å². The van der Waals surface area contributed by atoms with Crippen molar-refractivity contribution in [3.63, 3.8) is 0 Å². The van der Waals surface area contributed by atoms with Crippen molar-refractivity contribution in [2.24, 2.45) is 0 Å². The predicted molar refractivity (Wildman–Crippen MR) is 69.8 cm³/mol. The van der Waals surface area contributed by atoms with E-state index in [-0.39, 0.29) is 6.10 Å². The third-order valence-electron chi connectivity index (χ3n) is 2.97. The lowest BCUT2D eigenvalue weighted by atomic mass is 10.2. The van der Waals surface area contributed by atoms with Crippen LogP contribution in [0.15, 0.2) is 0 Å². The number of hydrogen-bond acceptors (Lipinski definition) is 5. The first kappa shape index (κ1) is 15.9. The van der Waals surface area contributed by atoms with E-state index in [0.29, 0.717) is 19.8 Å². The van der Waals surface area contributed by atoms with Gasteiger partial charge >= 0.3 is 0 Å². The summed E-state index contributed by atoms with van der Waals surface area (Å²) in [5.74, 6) is 0. The monoisotopic (exact) mass is 261 g/mol. The van der Waals surface area contributed by atoms with Crippen LogP contribution in [-0.2, 0) is 14.2 Å². The van der Waals surface area contributed by atoms with Crippen molar-refractivity contribution in [3.8, 4) is 0 Å². The summed E-state index contributed by atoms with van der Waals surface area (Å²) in [6.07, 6.45) is 4.12. The Morgan fingerprint density at radius 2 is 2.33 bits per heavy atom. The molecule has 108 valence electrons. The van der Waals surface area contributed by atoms with Gasteiger partial charge < -0.3 is 24.6 Å². The van der Waals surface area contributed by atoms with E-state index in [9.17, 15) is 5.11 Å². The van der Waals surface area contributed by atoms with E-state index in [2.05, 4.69) is 5.32 Å². The van der Waals surface area contributed by atoms with E-state index in [1.165, 1.54) is 0 Å². The molecule has 1 aliphatic heterocycles. The molecule has 0 aromatic heterocycles. The fourth-order valence-electron chi connectivity index (χ4n) is 1.94. The number of hydrogen-bond donors (Lipinski definition) is 2. The van der Waals surface area contributed by atoms with E-state index in [1.54, 1.807) is 7.11 Å². The van der Waals surface area contributed by atoms with Crippen LogP contribution in [0.4, 0.5) is 0 Å². The minimum absolute atomic E-state index is 0.235. The van der Waals surface area contributed by atoms with E-state index in [4.69, 9.17) is 14.2 Å². The lowest BCUT2D eigenvalue weighted by Crippen LogP contribution is -2.32. The van der Waals surface area contributed by atoms with Crippen molar-refractivity contribution >= 4 is 0 Å². The maximum atomic E-state index is 9.67. The van der Waals surface area contributed by atoms with E-state index in [1.807, 2.05) is 0 Å². The van der Waals surface area contributed by atoms with Crippen LogP contribution >= 0.6 is 0 Å². The summed E-state index contributed by atoms with van der Waals surface area (Å²) in [4.78, 5) is 0. The van der Waals surface area contributed by atoms with E-state index >= 15 is 0 Å². The molecule has 0 saturated carbocycles. The Morgan fingerprint density at radius 1 is 1.44 bits per heavy atom. The average molecular weight is 261 g/mol. The van der Waals surface area contributed by atoms with Crippen LogP contribution in [0, 0.1) is 0 Å². The summed E-state index contributed by atoms with van der Waals surface area (Å²) >= 11 is 0. The minimum Gasteiger partial charge on any atom is -0.389 e. The van der Waals surface area contributed by atoms with Gasteiger partial charge in [-0.2, -0.15) is 0 Å². The first-order valence-electron chi connectivity index (χ1n) is 6.90. The van der Waals surface area contributed by atoms with Gasteiger partial charge in [-0.25, -0.2) is 0 Å². The van der Waals surface area contributed by atoms with Gasteiger partial charge in [0.05, 0.1) is 25.4 Å². The molecule has 2 N–H and O–H groups in total. The van der Waals surface area contributed by atoms with Gasteiger partial charge in [0.2, 0.25) is 0 Å². The molecule has 0 bridgehead atoms. The number of aliphatic hydroxyl groups excluding tert-OH is 1. The van der Waals surface area contributed by atoms with Crippen LogP contribution in [0.2, 0.25) is 0 Å². The molecule has 0 aromatic rings. The second-order valence-corrected chi connectivity index (χ2v) is 4.73. The van der Waals surface area contributed by atoms with Crippen molar-refractivity contribution in [1.82, 2.24) is 5.32 Å². The van der Waals surface area contributed by atoms with Gasteiger partial charge in [0.15, 0.2) is 0 Å². The van der Waals surface area contributed by atoms with Crippen molar-refractivity contribution < 1.29 is 19.3 Å². The highest BCUT2D eigenvalue weighted by Crippen LogP contribution is 2.11.